The molecule has 0 unspecified atom stereocenters. The van der Waals surface area contributed by atoms with Crippen molar-refractivity contribution in [2.75, 3.05) is 18.4 Å². The molecular formula is C24H26N4O6S. The predicted molar refractivity (Wildman–Crippen MR) is 127 cm³/mol. The van der Waals surface area contributed by atoms with Crippen molar-refractivity contribution in [3.8, 4) is 0 Å². The second-order valence-corrected chi connectivity index (χ2v) is 9.98. The van der Waals surface area contributed by atoms with Crippen LogP contribution in [-0.2, 0) is 26.2 Å². The Kier molecular flexibility index (Phi) is 7.47. The molecule has 4 rings (SSSR count). The highest BCUT2D eigenvalue weighted by atomic mass is 32.2. The largest absolute Gasteiger partial charge is 0.468 e. The van der Waals surface area contributed by atoms with Crippen LogP contribution in [0.5, 0.6) is 0 Å². The van der Waals surface area contributed by atoms with E-state index in [2.05, 4.69) is 15.2 Å². The molecule has 3 aromatic rings. The van der Waals surface area contributed by atoms with Crippen LogP contribution in [0, 0.1) is 12.8 Å². The zero-order valence-corrected chi connectivity index (χ0v) is 20.0. The number of sulfonamides is 1. The van der Waals surface area contributed by atoms with Crippen LogP contribution in [0.15, 0.2) is 68.6 Å². The topological polar surface area (TPSA) is 135 Å². The molecule has 1 aliphatic rings. The lowest BCUT2D eigenvalue weighted by molar-refractivity contribution is -0.130. The van der Waals surface area contributed by atoms with Crippen LogP contribution < -0.4 is 10.0 Å². The number of rotatable bonds is 8. The maximum atomic E-state index is 12.6. The average Bonchev–Trinajstić information content (AvgIpc) is 3.53. The van der Waals surface area contributed by atoms with Crippen LogP contribution in [0.25, 0.3) is 6.08 Å². The van der Waals surface area contributed by atoms with E-state index in [1.165, 1.54) is 24.5 Å². The molecule has 35 heavy (non-hydrogen) atoms. The molecule has 0 spiro atoms. The first-order valence-corrected chi connectivity index (χ1v) is 12.6. The Labute approximate surface area is 203 Å². The molecule has 2 N–H and O–H groups in total. The molecule has 184 valence electrons. The molecule has 11 heteroatoms. The second kappa shape index (κ2) is 10.7. The van der Waals surface area contributed by atoms with Crippen molar-refractivity contribution < 1.29 is 26.9 Å². The summed E-state index contributed by atoms with van der Waals surface area (Å²) in [7, 11) is -3.68. The number of aromatic nitrogens is 1. The standard InChI is InChI=1S/C24H26N4O6S/c1-17-15-22(27-34-17)26-24(30)19-10-12-28(13-11-19)23(29)9-6-18-4-7-21(8-5-18)35(31,32)25-16-20-3-2-14-33-20/h2-9,14-15,19,25H,10-13,16H2,1H3,(H,26,27,30)/b9-6+. The summed E-state index contributed by atoms with van der Waals surface area (Å²) < 4.78 is 37.4. The van der Waals surface area contributed by atoms with Gasteiger partial charge in [-0.3, -0.25) is 9.59 Å². The van der Waals surface area contributed by atoms with Gasteiger partial charge in [0.15, 0.2) is 5.82 Å². The summed E-state index contributed by atoms with van der Waals surface area (Å²) in [6.07, 6.45) is 5.68. The van der Waals surface area contributed by atoms with Crippen LogP contribution in [-0.4, -0.2) is 43.4 Å². The van der Waals surface area contributed by atoms with Gasteiger partial charge in [0.25, 0.3) is 0 Å². The Morgan fingerprint density at radius 1 is 1.17 bits per heavy atom. The molecule has 0 radical (unpaired) electrons. The van der Waals surface area contributed by atoms with E-state index in [0.717, 1.165) is 0 Å². The van der Waals surface area contributed by atoms with Crippen LogP contribution in [0.2, 0.25) is 0 Å². The normalized spacial score (nSPS) is 14.9. The smallest absolute Gasteiger partial charge is 0.246 e. The van der Waals surface area contributed by atoms with Gasteiger partial charge in [0, 0.05) is 31.1 Å². The molecule has 1 aromatic carbocycles. The van der Waals surface area contributed by atoms with Gasteiger partial charge in [-0.2, -0.15) is 0 Å². The number of anilines is 1. The van der Waals surface area contributed by atoms with Crippen LogP contribution in [0.3, 0.4) is 0 Å². The number of amides is 2. The van der Waals surface area contributed by atoms with Gasteiger partial charge in [-0.05, 0) is 55.7 Å². The summed E-state index contributed by atoms with van der Waals surface area (Å²) in [4.78, 5) is 26.8. The number of aryl methyl sites for hydroxylation is 1. The van der Waals surface area contributed by atoms with Crippen molar-refractivity contribution in [3.63, 3.8) is 0 Å². The van der Waals surface area contributed by atoms with Gasteiger partial charge in [0.1, 0.15) is 11.5 Å². The first kappa shape index (κ1) is 24.4. The molecule has 1 saturated heterocycles. The highest BCUT2D eigenvalue weighted by molar-refractivity contribution is 7.89. The molecule has 2 aromatic heterocycles. The van der Waals surface area contributed by atoms with E-state index in [-0.39, 0.29) is 29.2 Å². The zero-order chi connectivity index (χ0) is 24.8. The molecule has 1 fully saturated rings. The minimum Gasteiger partial charge on any atom is -0.468 e. The first-order chi connectivity index (χ1) is 16.8. The van der Waals surface area contributed by atoms with Crippen molar-refractivity contribution >= 4 is 33.7 Å². The number of nitrogens with zero attached hydrogens (tertiary/aromatic N) is 2. The number of benzene rings is 1. The quantitative estimate of drug-likeness (QED) is 0.456. The fourth-order valence-electron chi connectivity index (χ4n) is 3.71. The van der Waals surface area contributed by atoms with E-state index in [1.54, 1.807) is 48.2 Å². The third kappa shape index (κ3) is 6.46. The number of hydrogen-bond donors (Lipinski definition) is 2. The van der Waals surface area contributed by atoms with Gasteiger partial charge in [-0.1, -0.05) is 17.3 Å². The average molecular weight is 499 g/mol. The van der Waals surface area contributed by atoms with Gasteiger partial charge < -0.3 is 19.2 Å². The SMILES string of the molecule is Cc1cc(NC(=O)C2CCN(C(=O)/C=C/c3ccc(S(=O)(=O)NCc4ccco4)cc3)CC2)no1. The lowest BCUT2D eigenvalue weighted by Gasteiger charge is -2.30. The summed E-state index contributed by atoms with van der Waals surface area (Å²) in [5.74, 6) is 1.03. The third-order valence-electron chi connectivity index (χ3n) is 5.68. The van der Waals surface area contributed by atoms with E-state index < -0.39 is 10.0 Å². The van der Waals surface area contributed by atoms with Gasteiger partial charge in [0.2, 0.25) is 21.8 Å². The number of piperidine rings is 1. The fraction of sp³-hybridized carbons (Fsp3) is 0.292. The highest BCUT2D eigenvalue weighted by Crippen LogP contribution is 2.20. The molecule has 0 bridgehead atoms. The van der Waals surface area contributed by atoms with E-state index >= 15 is 0 Å². The van der Waals surface area contributed by atoms with Crippen LogP contribution in [0.4, 0.5) is 5.82 Å². The lowest BCUT2D eigenvalue weighted by Crippen LogP contribution is -2.40. The number of furan rings is 1. The van der Waals surface area contributed by atoms with E-state index in [9.17, 15) is 18.0 Å². The summed E-state index contributed by atoms with van der Waals surface area (Å²) in [5, 5.41) is 6.50. The minimum absolute atomic E-state index is 0.0593. The van der Waals surface area contributed by atoms with Gasteiger partial charge in [-0.25, -0.2) is 13.1 Å². The van der Waals surface area contributed by atoms with Crippen molar-refractivity contribution in [3.05, 3.63) is 71.9 Å². The highest BCUT2D eigenvalue weighted by Gasteiger charge is 2.27. The molecule has 0 atom stereocenters. The molecule has 2 amide bonds. The fourth-order valence-corrected chi connectivity index (χ4v) is 4.70. The number of likely N-dealkylation sites (tertiary alicyclic amines) is 1. The van der Waals surface area contributed by atoms with Gasteiger partial charge in [-0.15, -0.1) is 0 Å². The molecule has 1 aliphatic heterocycles. The number of carbonyl (C=O) groups excluding carboxylic acids is 2. The minimum atomic E-state index is -3.68. The lowest BCUT2D eigenvalue weighted by atomic mass is 9.96. The Hall–Kier alpha value is -3.70. The molecule has 0 saturated carbocycles. The molecule has 3 heterocycles. The Morgan fingerprint density at radius 2 is 1.91 bits per heavy atom. The monoisotopic (exact) mass is 498 g/mol. The van der Waals surface area contributed by atoms with Gasteiger partial charge in [0.05, 0.1) is 17.7 Å². The summed E-state index contributed by atoms with van der Waals surface area (Å²) in [6, 6.07) is 11.3. The zero-order valence-electron chi connectivity index (χ0n) is 19.1. The van der Waals surface area contributed by atoms with Crippen molar-refractivity contribution in [2.45, 2.75) is 31.2 Å². The molecule has 0 aliphatic carbocycles. The van der Waals surface area contributed by atoms with Crippen LogP contribution >= 0.6 is 0 Å². The molecule has 10 nitrogen and oxygen atoms in total. The first-order valence-electron chi connectivity index (χ1n) is 11.1. The second-order valence-electron chi connectivity index (χ2n) is 8.22. The van der Waals surface area contributed by atoms with Gasteiger partial charge >= 0.3 is 0 Å². The van der Waals surface area contributed by atoms with Crippen molar-refractivity contribution in [1.82, 2.24) is 14.8 Å². The maximum absolute atomic E-state index is 12.6. The number of carbonyl (C=O) groups is 2. The Bertz CT molecular complexity index is 1290. The summed E-state index contributed by atoms with van der Waals surface area (Å²) >= 11 is 0. The number of nitrogens with one attached hydrogen (secondary N) is 2. The predicted octanol–water partition coefficient (Wildman–Crippen LogP) is 2.95. The Balaban J connectivity index is 1.26. The van der Waals surface area contributed by atoms with E-state index in [4.69, 9.17) is 8.94 Å². The summed E-state index contributed by atoms with van der Waals surface area (Å²) in [5.41, 5.74) is 0.695. The van der Waals surface area contributed by atoms with Crippen molar-refractivity contribution in [1.29, 1.82) is 0 Å². The third-order valence-corrected chi connectivity index (χ3v) is 7.10. The van der Waals surface area contributed by atoms with E-state index in [1.807, 2.05) is 0 Å². The number of hydrogen-bond acceptors (Lipinski definition) is 7. The maximum Gasteiger partial charge on any atom is 0.246 e. The van der Waals surface area contributed by atoms with E-state index in [0.29, 0.717) is 48.8 Å². The summed E-state index contributed by atoms with van der Waals surface area (Å²) in [6.45, 7) is 2.75. The molecular weight excluding hydrogens is 472 g/mol. The van der Waals surface area contributed by atoms with Crippen molar-refractivity contribution in [2.24, 2.45) is 5.92 Å². The Morgan fingerprint density at radius 3 is 2.54 bits per heavy atom. The van der Waals surface area contributed by atoms with Crippen LogP contribution in [0.1, 0.15) is 29.9 Å².